The van der Waals surface area contributed by atoms with Crippen LogP contribution >= 0.6 is 0 Å². The molecule has 0 saturated heterocycles. The fraction of sp³-hybridized carbons (Fsp3) is 0.0909. The van der Waals surface area contributed by atoms with Gasteiger partial charge in [0.15, 0.2) is 0 Å². The summed E-state index contributed by atoms with van der Waals surface area (Å²) in [4.78, 5) is 9.12. The van der Waals surface area contributed by atoms with Crippen molar-refractivity contribution >= 4 is 23.2 Å². The number of fused-ring (bicyclic) bond motifs is 1. The maximum Gasteiger partial charge on any atom is 0.0894 e. The number of rotatable bonds is 3. The largest absolute Gasteiger partial charge is 0.318 e. The number of benzene rings is 2. The van der Waals surface area contributed by atoms with Gasteiger partial charge in [0.25, 0.3) is 0 Å². The third-order valence-electron chi connectivity index (χ3n) is 4.39. The Morgan fingerprint density at radius 1 is 0.840 bits per heavy atom. The molecular formula is C22H19N3. The number of para-hydroxylation sites is 3. The lowest BCUT2D eigenvalue weighted by Gasteiger charge is -2.09. The Hall–Kier alpha value is -3.20. The van der Waals surface area contributed by atoms with Crippen molar-refractivity contribution in [2.24, 2.45) is 0 Å². The van der Waals surface area contributed by atoms with Gasteiger partial charge in [0.2, 0.25) is 0 Å². The molecule has 2 aromatic carbocycles. The minimum Gasteiger partial charge on any atom is -0.318 e. The van der Waals surface area contributed by atoms with E-state index >= 15 is 0 Å². The second-order valence-corrected chi connectivity index (χ2v) is 6.11. The average molecular weight is 325 g/mol. The molecule has 4 aromatic rings. The van der Waals surface area contributed by atoms with Gasteiger partial charge in [0, 0.05) is 17.1 Å². The van der Waals surface area contributed by atoms with E-state index in [1.807, 2.05) is 42.6 Å². The van der Waals surface area contributed by atoms with Crippen LogP contribution < -0.4 is 0 Å². The van der Waals surface area contributed by atoms with Gasteiger partial charge in [-0.15, -0.1) is 0 Å². The van der Waals surface area contributed by atoms with Crippen molar-refractivity contribution in [3.63, 3.8) is 0 Å². The Balaban J connectivity index is 1.69. The van der Waals surface area contributed by atoms with Crippen LogP contribution in [0.2, 0.25) is 0 Å². The lowest BCUT2D eigenvalue weighted by molar-refractivity contribution is 0.965. The van der Waals surface area contributed by atoms with Crippen LogP contribution in [-0.4, -0.2) is 14.5 Å². The smallest absolute Gasteiger partial charge is 0.0894 e. The molecule has 4 rings (SSSR count). The fourth-order valence-corrected chi connectivity index (χ4v) is 3.16. The molecule has 0 aliphatic carbocycles. The molecule has 0 N–H and O–H groups in total. The summed E-state index contributed by atoms with van der Waals surface area (Å²) in [6, 6.07) is 20.5. The summed E-state index contributed by atoms with van der Waals surface area (Å²) in [5.41, 5.74) is 7.50. The van der Waals surface area contributed by atoms with E-state index in [9.17, 15) is 0 Å². The Morgan fingerprint density at radius 2 is 1.56 bits per heavy atom. The molecule has 2 heterocycles. The summed E-state index contributed by atoms with van der Waals surface area (Å²) in [5, 5.41) is 0. The molecule has 0 spiro atoms. The molecular weight excluding hydrogens is 306 g/mol. The lowest BCUT2D eigenvalue weighted by Crippen LogP contribution is -1.98. The first-order valence-electron chi connectivity index (χ1n) is 8.36. The second kappa shape index (κ2) is 6.36. The van der Waals surface area contributed by atoms with Crippen molar-refractivity contribution < 1.29 is 0 Å². The van der Waals surface area contributed by atoms with Crippen molar-refractivity contribution in [3.05, 3.63) is 89.5 Å². The molecule has 0 aliphatic heterocycles. The highest BCUT2D eigenvalue weighted by molar-refractivity contribution is 5.77. The van der Waals surface area contributed by atoms with Crippen LogP contribution in [0.25, 0.3) is 28.9 Å². The van der Waals surface area contributed by atoms with Crippen molar-refractivity contribution in [3.8, 4) is 5.69 Å². The molecule has 0 unspecified atom stereocenters. The van der Waals surface area contributed by atoms with Crippen LogP contribution in [0.5, 0.6) is 0 Å². The highest BCUT2D eigenvalue weighted by Crippen LogP contribution is 2.22. The topological polar surface area (TPSA) is 30.7 Å². The predicted octanol–water partition coefficient (Wildman–Crippen LogP) is 5.21. The van der Waals surface area contributed by atoms with Gasteiger partial charge in [-0.25, -0.2) is 4.98 Å². The number of hydrogen-bond acceptors (Lipinski definition) is 2. The number of aromatic nitrogens is 3. The first-order chi connectivity index (χ1) is 12.2. The summed E-state index contributed by atoms with van der Waals surface area (Å²) in [5.74, 6) is 0. The normalized spacial score (nSPS) is 11.4. The molecule has 0 radical (unpaired) electrons. The van der Waals surface area contributed by atoms with Crippen LogP contribution in [0, 0.1) is 13.8 Å². The highest BCUT2D eigenvalue weighted by Gasteiger charge is 2.08. The second-order valence-electron chi connectivity index (χ2n) is 6.11. The van der Waals surface area contributed by atoms with Gasteiger partial charge < -0.3 is 4.57 Å². The highest BCUT2D eigenvalue weighted by atomic mass is 15.0. The van der Waals surface area contributed by atoms with E-state index in [-0.39, 0.29) is 0 Å². The summed E-state index contributed by atoms with van der Waals surface area (Å²) < 4.78 is 2.27. The van der Waals surface area contributed by atoms with Crippen LogP contribution in [0.4, 0.5) is 0 Å². The van der Waals surface area contributed by atoms with E-state index in [1.165, 1.54) is 22.6 Å². The Kier molecular flexibility index (Phi) is 3.90. The van der Waals surface area contributed by atoms with Crippen LogP contribution in [-0.2, 0) is 0 Å². The summed E-state index contributed by atoms with van der Waals surface area (Å²) >= 11 is 0. The van der Waals surface area contributed by atoms with Crippen LogP contribution in [0.3, 0.4) is 0 Å². The molecule has 0 saturated carbocycles. The Morgan fingerprint density at radius 3 is 2.36 bits per heavy atom. The lowest BCUT2D eigenvalue weighted by atomic mass is 10.2. The van der Waals surface area contributed by atoms with E-state index in [0.29, 0.717) is 0 Å². The fourth-order valence-electron chi connectivity index (χ4n) is 3.16. The Labute approximate surface area is 147 Å². The molecule has 2 aromatic heterocycles. The molecule has 122 valence electrons. The van der Waals surface area contributed by atoms with Crippen molar-refractivity contribution in [1.82, 2.24) is 14.5 Å². The molecule has 0 fully saturated rings. The third-order valence-corrected chi connectivity index (χ3v) is 4.39. The van der Waals surface area contributed by atoms with Crippen molar-refractivity contribution in [2.45, 2.75) is 13.8 Å². The van der Waals surface area contributed by atoms with Crippen molar-refractivity contribution in [2.75, 3.05) is 0 Å². The molecule has 3 nitrogen and oxygen atoms in total. The number of hydrogen-bond donors (Lipinski definition) is 0. The first kappa shape index (κ1) is 15.3. The van der Waals surface area contributed by atoms with Gasteiger partial charge in [-0.1, -0.05) is 36.4 Å². The maximum absolute atomic E-state index is 4.65. The zero-order chi connectivity index (χ0) is 17.2. The summed E-state index contributed by atoms with van der Waals surface area (Å²) in [6.07, 6.45) is 5.95. The van der Waals surface area contributed by atoms with Crippen molar-refractivity contribution in [1.29, 1.82) is 0 Å². The zero-order valence-electron chi connectivity index (χ0n) is 14.3. The van der Waals surface area contributed by atoms with Gasteiger partial charge in [-0.2, -0.15) is 0 Å². The monoisotopic (exact) mass is 325 g/mol. The third kappa shape index (κ3) is 2.96. The first-order valence-corrected chi connectivity index (χ1v) is 8.36. The molecule has 3 heteroatoms. The maximum atomic E-state index is 4.65. The van der Waals surface area contributed by atoms with E-state index in [2.05, 4.69) is 64.8 Å². The van der Waals surface area contributed by atoms with E-state index in [0.717, 1.165) is 16.7 Å². The van der Waals surface area contributed by atoms with Gasteiger partial charge in [-0.05, 0) is 55.8 Å². The standard InChI is InChI=1S/C22H19N3/c1-16-14-18(17(2)25(16)20-8-4-3-5-9-20)12-13-19-15-23-21-10-6-7-11-22(21)24-19/h3-15H,1-2H3/b13-12+. The minimum atomic E-state index is 0.864. The summed E-state index contributed by atoms with van der Waals surface area (Å²) in [6.45, 7) is 4.28. The van der Waals surface area contributed by atoms with Gasteiger partial charge in [0.05, 0.1) is 22.9 Å². The average Bonchev–Trinajstić information content (AvgIpc) is 2.94. The van der Waals surface area contributed by atoms with Crippen LogP contribution in [0.15, 0.2) is 66.9 Å². The van der Waals surface area contributed by atoms with E-state index in [4.69, 9.17) is 0 Å². The minimum absolute atomic E-state index is 0.864. The van der Waals surface area contributed by atoms with Gasteiger partial charge >= 0.3 is 0 Å². The molecule has 0 aliphatic rings. The van der Waals surface area contributed by atoms with Crippen LogP contribution in [0.1, 0.15) is 22.6 Å². The SMILES string of the molecule is Cc1cc(/C=C/c2cnc3ccccc3n2)c(C)n1-c1ccccc1. The van der Waals surface area contributed by atoms with E-state index < -0.39 is 0 Å². The molecule has 0 amide bonds. The zero-order valence-corrected chi connectivity index (χ0v) is 14.3. The number of nitrogens with zero attached hydrogens (tertiary/aromatic N) is 3. The Bertz CT molecular complexity index is 1060. The number of aryl methyl sites for hydroxylation is 1. The predicted molar refractivity (Wildman–Crippen MR) is 104 cm³/mol. The summed E-state index contributed by atoms with van der Waals surface area (Å²) in [7, 11) is 0. The molecule has 25 heavy (non-hydrogen) atoms. The van der Waals surface area contributed by atoms with E-state index in [1.54, 1.807) is 0 Å². The molecule has 0 bridgehead atoms. The van der Waals surface area contributed by atoms with Gasteiger partial charge in [-0.3, -0.25) is 4.98 Å². The molecule has 0 atom stereocenters. The quantitative estimate of drug-likeness (QED) is 0.518. The van der Waals surface area contributed by atoms with Gasteiger partial charge in [0.1, 0.15) is 0 Å².